The van der Waals surface area contributed by atoms with Crippen molar-refractivity contribution in [2.75, 3.05) is 11.1 Å². The lowest BCUT2D eigenvalue weighted by molar-refractivity contribution is 0.535. The maximum absolute atomic E-state index is 4.91. The summed E-state index contributed by atoms with van der Waals surface area (Å²) in [4.78, 5) is 4.91. The number of hydrogen-bond donors (Lipinski definition) is 1. The first kappa shape index (κ1) is 13.0. The molecule has 1 aliphatic heterocycles. The van der Waals surface area contributed by atoms with Crippen molar-refractivity contribution in [3.05, 3.63) is 29.8 Å². The number of benzene rings is 1. The quantitative estimate of drug-likeness (QED) is 0.887. The molecule has 2 nitrogen and oxygen atoms in total. The van der Waals surface area contributed by atoms with Gasteiger partial charge in [-0.15, -0.1) is 0 Å². The van der Waals surface area contributed by atoms with Crippen molar-refractivity contribution in [3.63, 3.8) is 0 Å². The molecule has 1 aliphatic carbocycles. The number of thioether (sulfide) groups is 1. The Morgan fingerprint density at radius 3 is 3.11 bits per heavy atom. The van der Waals surface area contributed by atoms with Crippen molar-refractivity contribution < 1.29 is 0 Å². The van der Waals surface area contributed by atoms with Crippen LogP contribution in [0.25, 0.3) is 0 Å². The molecule has 0 radical (unpaired) electrons. The van der Waals surface area contributed by atoms with Gasteiger partial charge in [0.2, 0.25) is 0 Å². The third-order valence-corrected chi connectivity index (χ3v) is 5.19. The van der Waals surface area contributed by atoms with Gasteiger partial charge in [0.25, 0.3) is 0 Å². The Kier molecular flexibility index (Phi) is 4.12. The Morgan fingerprint density at radius 2 is 2.21 bits per heavy atom. The first-order chi connectivity index (χ1) is 9.36. The smallest absolute Gasteiger partial charge is 0.161 e. The highest BCUT2D eigenvalue weighted by molar-refractivity contribution is 8.14. The van der Waals surface area contributed by atoms with Crippen molar-refractivity contribution >= 4 is 22.6 Å². The zero-order valence-corrected chi connectivity index (χ0v) is 12.4. The van der Waals surface area contributed by atoms with Crippen LogP contribution >= 0.6 is 11.8 Å². The van der Waals surface area contributed by atoms with Crippen molar-refractivity contribution in [2.24, 2.45) is 10.9 Å². The molecule has 3 rings (SSSR count). The van der Waals surface area contributed by atoms with Gasteiger partial charge < -0.3 is 5.32 Å². The van der Waals surface area contributed by atoms with Gasteiger partial charge in [-0.2, -0.15) is 0 Å². The largest absolute Gasteiger partial charge is 0.335 e. The SMILES string of the molecule is CCCc1ccccc1NC1=NC2CCCC2CS1. The second-order valence-corrected chi connectivity index (χ2v) is 6.54. The highest BCUT2D eigenvalue weighted by atomic mass is 32.2. The minimum atomic E-state index is 0.585. The topological polar surface area (TPSA) is 24.4 Å². The average molecular weight is 274 g/mol. The second-order valence-electron chi connectivity index (χ2n) is 5.54. The molecule has 1 heterocycles. The molecule has 0 bridgehead atoms. The van der Waals surface area contributed by atoms with E-state index in [1.165, 1.54) is 42.7 Å². The monoisotopic (exact) mass is 274 g/mol. The van der Waals surface area contributed by atoms with E-state index in [2.05, 4.69) is 36.5 Å². The molecule has 0 amide bonds. The standard InChI is InChI=1S/C16H22N2S/c1-2-6-12-7-3-4-9-14(12)17-16-18-15-10-5-8-13(15)11-19-16/h3-4,7,9,13,15H,2,5-6,8,10-11H2,1H3,(H,17,18). The van der Waals surface area contributed by atoms with Gasteiger partial charge in [-0.25, -0.2) is 0 Å². The molecular formula is C16H22N2S. The summed E-state index contributed by atoms with van der Waals surface area (Å²) in [6.07, 6.45) is 6.34. The molecule has 1 fully saturated rings. The molecule has 0 aromatic heterocycles. The maximum atomic E-state index is 4.91. The summed E-state index contributed by atoms with van der Waals surface area (Å²) in [7, 11) is 0. The van der Waals surface area contributed by atoms with E-state index in [4.69, 9.17) is 4.99 Å². The first-order valence-electron chi connectivity index (χ1n) is 7.42. The Balaban J connectivity index is 1.74. The summed E-state index contributed by atoms with van der Waals surface area (Å²) < 4.78 is 0. The molecule has 1 aromatic rings. The molecule has 19 heavy (non-hydrogen) atoms. The number of nitrogens with one attached hydrogen (secondary N) is 1. The lowest BCUT2D eigenvalue weighted by Crippen LogP contribution is -2.25. The van der Waals surface area contributed by atoms with Gasteiger partial charge in [0.15, 0.2) is 5.17 Å². The molecule has 2 atom stereocenters. The molecule has 3 heteroatoms. The number of rotatable bonds is 3. The van der Waals surface area contributed by atoms with E-state index in [1.807, 2.05) is 11.8 Å². The van der Waals surface area contributed by atoms with Gasteiger partial charge in [0, 0.05) is 11.4 Å². The van der Waals surface area contributed by atoms with Gasteiger partial charge in [-0.05, 0) is 36.8 Å². The molecule has 2 unspecified atom stereocenters. The molecule has 1 saturated carbocycles. The Morgan fingerprint density at radius 1 is 1.32 bits per heavy atom. The van der Waals surface area contributed by atoms with Crippen LogP contribution in [-0.4, -0.2) is 17.0 Å². The van der Waals surface area contributed by atoms with Crippen molar-refractivity contribution in [1.82, 2.24) is 0 Å². The van der Waals surface area contributed by atoms with Gasteiger partial charge in [-0.1, -0.05) is 49.7 Å². The third kappa shape index (κ3) is 2.97. The minimum absolute atomic E-state index is 0.585. The van der Waals surface area contributed by atoms with Crippen LogP contribution in [0.1, 0.15) is 38.2 Å². The second kappa shape index (κ2) is 6.00. The summed E-state index contributed by atoms with van der Waals surface area (Å²) >= 11 is 1.90. The molecule has 0 spiro atoms. The first-order valence-corrected chi connectivity index (χ1v) is 8.41. The number of aryl methyl sites for hydroxylation is 1. The maximum Gasteiger partial charge on any atom is 0.161 e. The third-order valence-electron chi connectivity index (χ3n) is 4.11. The average Bonchev–Trinajstić information content (AvgIpc) is 2.89. The van der Waals surface area contributed by atoms with Crippen molar-refractivity contribution in [1.29, 1.82) is 0 Å². The zero-order valence-electron chi connectivity index (χ0n) is 11.6. The Bertz CT molecular complexity index is 470. The van der Waals surface area contributed by atoms with Crippen LogP contribution < -0.4 is 5.32 Å². The molecule has 0 saturated heterocycles. The van der Waals surface area contributed by atoms with Crippen LogP contribution in [0.15, 0.2) is 29.3 Å². The highest BCUT2D eigenvalue weighted by Crippen LogP contribution is 2.35. The van der Waals surface area contributed by atoms with E-state index in [1.54, 1.807) is 0 Å². The fourth-order valence-electron chi connectivity index (χ4n) is 3.07. The summed E-state index contributed by atoms with van der Waals surface area (Å²) in [6.45, 7) is 2.23. The predicted molar refractivity (Wildman–Crippen MR) is 85.1 cm³/mol. The lowest BCUT2D eigenvalue weighted by Gasteiger charge is -2.24. The van der Waals surface area contributed by atoms with E-state index < -0.39 is 0 Å². The summed E-state index contributed by atoms with van der Waals surface area (Å²) in [5.74, 6) is 2.08. The Hall–Kier alpha value is -0.960. The van der Waals surface area contributed by atoms with E-state index in [0.717, 1.165) is 17.5 Å². The number of hydrogen-bond acceptors (Lipinski definition) is 3. The van der Waals surface area contributed by atoms with Crippen molar-refractivity contribution in [3.8, 4) is 0 Å². The van der Waals surface area contributed by atoms with E-state index in [-0.39, 0.29) is 0 Å². The van der Waals surface area contributed by atoms with Crippen LogP contribution in [-0.2, 0) is 6.42 Å². The Labute approximate surface area is 120 Å². The van der Waals surface area contributed by atoms with Crippen LogP contribution in [0.2, 0.25) is 0 Å². The van der Waals surface area contributed by atoms with Gasteiger partial charge in [0.05, 0.1) is 6.04 Å². The number of nitrogens with zero attached hydrogens (tertiary/aromatic N) is 1. The normalized spacial score (nSPS) is 25.8. The number of fused-ring (bicyclic) bond motifs is 1. The summed E-state index contributed by atoms with van der Waals surface area (Å²) in [6, 6.07) is 9.21. The predicted octanol–water partition coefficient (Wildman–Crippen LogP) is 4.32. The highest BCUT2D eigenvalue weighted by Gasteiger charge is 2.31. The van der Waals surface area contributed by atoms with Gasteiger partial charge >= 0.3 is 0 Å². The lowest BCUT2D eigenvalue weighted by atomic mass is 10.1. The molecule has 2 aliphatic rings. The molecule has 1 aromatic carbocycles. The van der Waals surface area contributed by atoms with Crippen LogP contribution in [0.5, 0.6) is 0 Å². The summed E-state index contributed by atoms with van der Waals surface area (Å²) in [5, 5.41) is 4.69. The van der Waals surface area contributed by atoms with E-state index >= 15 is 0 Å². The molecular weight excluding hydrogens is 252 g/mol. The van der Waals surface area contributed by atoms with Gasteiger partial charge in [-0.3, -0.25) is 4.99 Å². The van der Waals surface area contributed by atoms with E-state index in [0.29, 0.717) is 6.04 Å². The molecule has 102 valence electrons. The molecule has 1 N–H and O–H groups in total. The van der Waals surface area contributed by atoms with Crippen LogP contribution in [0, 0.1) is 5.92 Å². The number of anilines is 1. The fraction of sp³-hybridized carbons (Fsp3) is 0.562. The van der Waals surface area contributed by atoms with Crippen LogP contribution in [0.3, 0.4) is 0 Å². The summed E-state index contributed by atoms with van der Waals surface area (Å²) in [5.41, 5.74) is 2.65. The number of aliphatic imine (C=N–C) groups is 1. The zero-order chi connectivity index (χ0) is 13.1. The van der Waals surface area contributed by atoms with Crippen molar-refractivity contribution in [2.45, 2.75) is 45.1 Å². The minimum Gasteiger partial charge on any atom is -0.335 e. The van der Waals surface area contributed by atoms with Gasteiger partial charge in [0.1, 0.15) is 0 Å². The fourth-order valence-corrected chi connectivity index (χ4v) is 4.22. The van der Waals surface area contributed by atoms with E-state index in [9.17, 15) is 0 Å². The number of amidine groups is 1. The number of para-hydroxylation sites is 1. The van der Waals surface area contributed by atoms with Crippen LogP contribution in [0.4, 0.5) is 5.69 Å².